The summed E-state index contributed by atoms with van der Waals surface area (Å²) in [4.78, 5) is 11.9. The number of amides is 1. The predicted octanol–water partition coefficient (Wildman–Crippen LogP) is 1.44. The SMILES string of the molecule is O=C(Cc1ccc2c(c1)CCC2)NCC1CCNC1. The van der Waals surface area contributed by atoms with Crippen LogP contribution in [0.3, 0.4) is 0 Å². The summed E-state index contributed by atoms with van der Waals surface area (Å²) in [5.74, 6) is 0.772. The Bertz CT molecular complexity index is 464. The Morgan fingerprint density at radius 2 is 2.21 bits per heavy atom. The molecule has 3 nitrogen and oxygen atoms in total. The highest BCUT2D eigenvalue weighted by Crippen LogP contribution is 2.22. The molecular weight excluding hydrogens is 236 g/mol. The summed E-state index contributed by atoms with van der Waals surface area (Å²) >= 11 is 0. The Kier molecular flexibility index (Phi) is 3.83. The first-order valence-corrected chi connectivity index (χ1v) is 7.39. The van der Waals surface area contributed by atoms with Crippen molar-refractivity contribution in [1.82, 2.24) is 10.6 Å². The standard InChI is InChI=1S/C16H22N2O/c19-16(18-11-13-6-7-17-10-13)9-12-4-5-14-2-1-3-15(14)8-12/h4-5,8,13,17H,1-3,6-7,9-11H2,(H,18,19). The highest BCUT2D eigenvalue weighted by Gasteiger charge is 2.16. The van der Waals surface area contributed by atoms with Crippen molar-refractivity contribution in [2.75, 3.05) is 19.6 Å². The second-order valence-corrected chi connectivity index (χ2v) is 5.80. The van der Waals surface area contributed by atoms with Crippen molar-refractivity contribution in [3.63, 3.8) is 0 Å². The normalized spacial score (nSPS) is 21.4. The summed E-state index contributed by atoms with van der Waals surface area (Å²) in [6, 6.07) is 6.53. The highest BCUT2D eigenvalue weighted by atomic mass is 16.1. The molecule has 1 unspecified atom stereocenters. The van der Waals surface area contributed by atoms with Gasteiger partial charge in [-0.3, -0.25) is 4.79 Å². The molecule has 1 heterocycles. The van der Waals surface area contributed by atoms with Gasteiger partial charge in [0.25, 0.3) is 0 Å². The van der Waals surface area contributed by atoms with Crippen LogP contribution in [0.2, 0.25) is 0 Å². The lowest BCUT2D eigenvalue weighted by Gasteiger charge is -2.10. The molecular formula is C16H22N2O. The molecule has 19 heavy (non-hydrogen) atoms. The molecule has 2 N–H and O–H groups in total. The summed E-state index contributed by atoms with van der Waals surface area (Å²) in [6.45, 7) is 2.95. The molecule has 3 heteroatoms. The quantitative estimate of drug-likeness (QED) is 0.858. The minimum Gasteiger partial charge on any atom is -0.355 e. The van der Waals surface area contributed by atoms with E-state index in [9.17, 15) is 4.79 Å². The van der Waals surface area contributed by atoms with Crippen LogP contribution in [0.15, 0.2) is 18.2 Å². The Morgan fingerprint density at radius 3 is 3.05 bits per heavy atom. The first kappa shape index (κ1) is 12.7. The largest absolute Gasteiger partial charge is 0.355 e. The average Bonchev–Trinajstić information content (AvgIpc) is 3.07. The van der Waals surface area contributed by atoms with Crippen molar-refractivity contribution in [2.45, 2.75) is 32.1 Å². The van der Waals surface area contributed by atoms with Gasteiger partial charge in [-0.1, -0.05) is 18.2 Å². The lowest BCUT2D eigenvalue weighted by atomic mass is 10.0. The van der Waals surface area contributed by atoms with Crippen LogP contribution in [0.4, 0.5) is 0 Å². The molecule has 1 aliphatic carbocycles. The number of nitrogens with one attached hydrogen (secondary N) is 2. The van der Waals surface area contributed by atoms with E-state index in [0.29, 0.717) is 12.3 Å². The van der Waals surface area contributed by atoms with Gasteiger partial charge in [-0.25, -0.2) is 0 Å². The number of rotatable bonds is 4. The first-order chi connectivity index (χ1) is 9.31. The molecule has 3 rings (SSSR count). The molecule has 102 valence electrons. The number of fused-ring (bicyclic) bond motifs is 1. The Hall–Kier alpha value is -1.35. The van der Waals surface area contributed by atoms with Gasteiger partial charge >= 0.3 is 0 Å². The summed E-state index contributed by atoms with van der Waals surface area (Å²) in [6.07, 6.45) is 5.35. The lowest BCUT2D eigenvalue weighted by Crippen LogP contribution is -2.31. The van der Waals surface area contributed by atoms with Gasteiger partial charge in [0.1, 0.15) is 0 Å². The minimum absolute atomic E-state index is 0.157. The van der Waals surface area contributed by atoms with E-state index < -0.39 is 0 Å². The lowest BCUT2D eigenvalue weighted by molar-refractivity contribution is -0.120. The number of aryl methyl sites for hydroxylation is 2. The van der Waals surface area contributed by atoms with Gasteiger partial charge in [-0.15, -0.1) is 0 Å². The topological polar surface area (TPSA) is 41.1 Å². The smallest absolute Gasteiger partial charge is 0.224 e. The van der Waals surface area contributed by atoms with Gasteiger partial charge in [0.15, 0.2) is 0 Å². The zero-order valence-corrected chi connectivity index (χ0v) is 11.4. The van der Waals surface area contributed by atoms with Crippen LogP contribution < -0.4 is 10.6 Å². The fraction of sp³-hybridized carbons (Fsp3) is 0.562. The number of hydrogen-bond acceptors (Lipinski definition) is 2. The molecule has 0 aromatic heterocycles. The van der Waals surface area contributed by atoms with Crippen molar-refractivity contribution < 1.29 is 4.79 Å². The molecule has 1 atom stereocenters. The van der Waals surface area contributed by atoms with Gasteiger partial charge in [0.2, 0.25) is 5.91 Å². The van der Waals surface area contributed by atoms with E-state index in [1.807, 2.05) is 0 Å². The van der Waals surface area contributed by atoms with Gasteiger partial charge in [-0.2, -0.15) is 0 Å². The third kappa shape index (κ3) is 3.16. The Balaban J connectivity index is 1.51. The van der Waals surface area contributed by atoms with Crippen molar-refractivity contribution in [3.05, 3.63) is 34.9 Å². The van der Waals surface area contributed by atoms with Gasteiger partial charge in [0.05, 0.1) is 6.42 Å². The van der Waals surface area contributed by atoms with Crippen molar-refractivity contribution in [1.29, 1.82) is 0 Å². The maximum Gasteiger partial charge on any atom is 0.224 e. The number of hydrogen-bond donors (Lipinski definition) is 2. The number of carbonyl (C=O) groups is 1. The molecule has 1 saturated heterocycles. The number of benzene rings is 1. The molecule has 2 aliphatic rings. The van der Waals surface area contributed by atoms with Crippen molar-refractivity contribution in [3.8, 4) is 0 Å². The molecule has 1 fully saturated rings. The second kappa shape index (κ2) is 5.74. The average molecular weight is 258 g/mol. The fourth-order valence-corrected chi connectivity index (χ4v) is 3.13. The maximum absolute atomic E-state index is 11.9. The van der Waals surface area contributed by atoms with E-state index >= 15 is 0 Å². The van der Waals surface area contributed by atoms with Gasteiger partial charge < -0.3 is 10.6 Å². The van der Waals surface area contributed by atoms with Crippen LogP contribution in [0.25, 0.3) is 0 Å². The van der Waals surface area contributed by atoms with Crippen molar-refractivity contribution >= 4 is 5.91 Å². The molecule has 1 aromatic carbocycles. The minimum atomic E-state index is 0.157. The second-order valence-electron chi connectivity index (χ2n) is 5.80. The maximum atomic E-state index is 11.9. The molecule has 1 aromatic rings. The van der Waals surface area contributed by atoms with E-state index in [2.05, 4.69) is 28.8 Å². The first-order valence-electron chi connectivity index (χ1n) is 7.39. The van der Waals surface area contributed by atoms with Gasteiger partial charge in [0, 0.05) is 6.54 Å². The summed E-state index contributed by atoms with van der Waals surface area (Å²) in [5, 5.41) is 6.38. The van der Waals surface area contributed by atoms with E-state index in [-0.39, 0.29) is 5.91 Å². The van der Waals surface area contributed by atoms with Gasteiger partial charge in [-0.05, 0) is 61.4 Å². The zero-order chi connectivity index (χ0) is 13.1. The molecule has 0 bridgehead atoms. The number of carbonyl (C=O) groups excluding carboxylic acids is 1. The third-order valence-corrected chi connectivity index (χ3v) is 4.28. The molecule has 0 saturated carbocycles. The Labute approximate surface area is 114 Å². The molecule has 0 radical (unpaired) electrons. The van der Waals surface area contributed by atoms with Crippen LogP contribution in [0.5, 0.6) is 0 Å². The van der Waals surface area contributed by atoms with E-state index in [1.54, 1.807) is 0 Å². The van der Waals surface area contributed by atoms with Crippen molar-refractivity contribution in [2.24, 2.45) is 5.92 Å². The van der Waals surface area contributed by atoms with Crippen LogP contribution in [-0.2, 0) is 24.1 Å². The van der Waals surface area contributed by atoms with Crippen LogP contribution in [0.1, 0.15) is 29.5 Å². The van der Waals surface area contributed by atoms with E-state index in [4.69, 9.17) is 0 Å². The van der Waals surface area contributed by atoms with Crippen LogP contribution in [0, 0.1) is 5.92 Å². The summed E-state index contributed by atoms with van der Waals surface area (Å²) in [5.41, 5.74) is 4.08. The zero-order valence-electron chi connectivity index (χ0n) is 11.4. The van der Waals surface area contributed by atoms with E-state index in [0.717, 1.165) is 25.2 Å². The molecule has 1 amide bonds. The monoisotopic (exact) mass is 258 g/mol. The Morgan fingerprint density at radius 1 is 1.32 bits per heavy atom. The van der Waals surface area contributed by atoms with Crippen LogP contribution >= 0.6 is 0 Å². The summed E-state index contributed by atoms with van der Waals surface area (Å²) in [7, 11) is 0. The molecule has 0 spiro atoms. The third-order valence-electron chi connectivity index (χ3n) is 4.28. The summed E-state index contributed by atoms with van der Waals surface area (Å²) < 4.78 is 0. The fourth-order valence-electron chi connectivity index (χ4n) is 3.13. The molecule has 1 aliphatic heterocycles. The predicted molar refractivity (Wildman–Crippen MR) is 76.2 cm³/mol. The van der Waals surface area contributed by atoms with E-state index in [1.165, 1.54) is 36.8 Å². The highest BCUT2D eigenvalue weighted by molar-refractivity contribution is 5.78. The van der Waals surface area contributed by atoms with Crippen LogP contribution in [-0.4, -0.2) is 25.5 Å².